The number of carbonyl (C=O) groups excluding carboxylic acids is 2. The lowest BCUT2D eigenvalue weighted by molar-refractivity contribution is -0.140. The monoisotopic (exact) mass is 291 g/mol. The van der Waals surface area contributed by atoms with E-state index >= 15 is 0 Å². The Labute approximate surface area is 114 Å². The van der Waals surface area contributed by atoms with Gasteiger partial charge in [0.05, 0.1) is 6.61 Å². The molecular weight excluding hydrogens is 270 g/mol. The van der Waals surface area contributed by atoms with Gasteiger partial charge in [0.2, 0.25) is 10.0 Å². The van der Waals surface area contributed by atoms with Crippen molar-refractivity contribution in [2.45, 2.75) is 45.6 Å². The van der Waals surface area contributed by atoms with Crippen LogP contribution in [0.2, 0.25) is 0 Å². The molecule has 0 N–H and O–H groups in total. The minimum Gasteiger partial charge on any atom is -0.465 e. The normalized spacial score (nSPS) is 21.1. The van der Waals surface area contributed by atoms with Crippen molar-refractivity contribution in [3.63, 3.8) is 0 Å². The first-order valence-corrected chi connectivity index (χ1v) is 8.12. The highest BCUT2D eigenvalue weighted by molar-refractivity contribution is 7.89. The largest absolute Gasteiger partial charge is 0.465 e. The fraction of sp³-hybridized carbons (Fsp3) is 0.833. The Morgan fingerprint density at radius 1 is 1.32 bits per heavy atom. The van der Waals surface area contributed by atoms with Gasteiger partial charge in [0, 0.05) is 19.0 Å². The zero-order valence-electron chi connectivity index (χ0n) is 11.4. The Balaban J connectivity index is 2.77. The molecule has 0 aliphatic carbocycles. The molecule has 0 aromatic rings. The highest BCUT2D eigenvalue weighted by Gasteiger charge is 2.34. The summed E-state index contributed by atoms with van der Waals surface area (Å²) in [6, 6.07) is -0.314. The van der Waals surface area contributed by atoms with Gasteiger partial charge in [0.1, 0.15) is 5.78 Å². The summed E-state index contributed by atoms with van der Waals surface area (Å²) in [6.45, 7) is 3.61. The van der Waals surface area contributed by atoms with E-state index in [4.69, 9.17) is 0 Å². The van der Waals surface area contributed by atoms with Crippen molar-refractivity contribution in [3.05, 3.63) is 0 Å². The summed E-state index contributed by atoms with van der Waals surface area (Å²) in [7, 11) is -3.69. The Bertz CT molecular complexity index is 431. The number of Topliss-reactive ketones (excluding diaryl/α,β-unsaturated/α-hetero) is 1. The average Bonchev–Trinajstić information content (AvgIpc) is 2.28. The summed E-state index contributed by atoms with van der Waals surface area (Å²) in [5.41, 5.74) is 0. The second kappa shape index (κ2) is 7.00. The van der Waals surface area contributed by atoms with Crippen LogP contribution in [-0.2, 0) is 24.3 Å². The Morgan fingerprint density at radius 3 is 2.58 bits per heavy atom. The van der Waals surface area contributed by atoms with Crippen LogP contribution in [0.25, 0.3) is 0 Å². The van der Waals surface area contributed by atoms with Crippen molar-refractivity contribution in [1.82, 2.24) is 4.31 Å². The van der Waals surface area contributed by atoms with Gasteiger partial charge in [-0.1, -0.05) is 6.42 Å². The molecule has 0 radical (unpaired) electrons. The minimum absolute atomic E-state index is 0.0387. The van der Waals surface area contributed by atoms with E-state index in [9.17, 15) is 18.0 Å². The third kappa shape index (κ3) is 4.91. The number of esters is 1. The van der Waals surface area contributed by atoms with Gasteiger partial charge in [0.25, 0.3) is 0 Å². The Morgan fingerprint density at radius 2 is 2.00 bits per heavy atom. The van der Waals surface area contributed by atoms with Crippen LogP contribution in [0.3, 0.4) is 0 Å². The number of nitrogens with zero attached hydrogens (tertiary/aromatic N) is 1. The fourth-order valence-corrected chi connectivity index (χ4v) is 3.90. The number of rotatable bonds is 6. The average molecular weight is 291 g/mol. The van der Waals surface area contributed by atoms with E-state index in [1.807, 2.05) is 0 Å². The molecule has 0 saturated carbocycles. The lowest BCUT2D eigenvalue weighted by Crippen LogP contribution is -2.46. The highest BCUT2D eigenvalue weighted by Crippen LogP contribution is 2.23. The van der Waals surface area contributed by atoms with Crippen LogP contribution >= 0.6 is 0 Å². The lowest BCUT2D eigenvalue weighted by Gasteiger charge is -2.33. The SMILES string of the molecule is CCOC(=O)CS(=O)(=O)N1CCCCC1CC(C)=O. The minimum atomic E-state index is -3.69. The Kier molecular flexibility index (Phi) is 5.93. The first kappa shape index (κ1) is 16.1. The van der Waals surface area contributed by atoms with E-state index in [2.05, 4.69) is 4.74 Å². The molecule has 0 aromatic carbocycles. The molecule has 1 aliphatic heterocycles. The quantitative estimate of drug-likeness (QED) is 0.673. The predicted octanol–water partition coefficient (Wildman–Crippen LogP) is 0.713. The third-order valence-corrected chi connectivity index (χ3v) is 4.85. The number of carbonyl (C=O) groups is 2. The summed E-state index contributed by atoms with van der Waals surface area (Å²) < 4.78 is 30.3. The molecule has 1 rings (SSSR count). The van der Waals surface area contributed by atoms with Gasteiger partial charge in [-0.3, -0.25) is 9.59 Å². The third-order valence-electron chi connectivity index (χ3n) is 3.06. The van der Waals surface area contributed by atoms with E-state index in [1.165, 1.54) is 11.2 Å². The summed E-state index contributed by atoms with van der Waals surface area (Å²) in [5.74, 6) is -1.42. The molecular formula is C12H21NO5S. The second-order valence-corrected chi connectivity index (χ2v) is 6.65. The van der Waals surface area contributed by atoms with Gasteiger partial charge in [-0.05, 0) is 26.7 Å². The van der Waals surface area contributed by atoms with E-state index in [-0.39, 0.29) is 24.9 Å². The van der Waals surface area contributed by atoms with Crippen LogP contribution in [0.15, 0.2) is 0 Å². The smallest absolute Gasteiger partial charge is 0.322 e. The number of hydrogen-bond donors (Lipinski definition) is 0. The molecule has 110 valence electrons. The molecule has 19 heavy (non-hydrogen) atoms. The van der Waals surface area contributed by atoms with Crippen molar-refractivity contribution in [2.24, 2.45) is 0 Å². The first-order chi connectivity index (χ1) is 8.86. The molecule has 1 atom stereocenters. The standard InChI is InChI=1S/C12H21NO5S/c1-3-18-12(15)9-19(16,17)13-7-5-4-6-11(13)8-10(2)14/h11H,3-9H2,1-2H3. The van der Waals surface area contributed by atoms with Crippen LogP contribution in [0.1, 0.15) is 39.5 Å². The first-order valence-electron chi connectivity index (χ1n) is 6.51. The lowest BCUT2D eigenvalue weighted by atomic mass is 10.0. The molecule has 1 fully saturated rings. The molecule has 1 heterocycles. The summed E-state index contributed by atoms with van der Waals surface area (Å²) in [6.07, 6.45) is 2.55. The number of hydrogen-bond acceptors (Lipinski definition) is 5. The Hall–Kier alpha value is -0.950. The van der Waals surface area contributed by atoms with E-state index in [1.54, 1.807) is 6.92 Å². The topological polar surface area (TPSA) is 80.8 Å². The zero-order valence-corrected chi connectivity index (χ0v) is 12.2. The number of ketones is 1. The fourth-order valence-electron chi connectivity index (χ4n) is 2.31. The molecule has 0 amide bonds. The van der Waals surface area contributed by atoms with Crippen LogP contribution in [0.4, 0.5) is 0 Å². The maximum absolute atomic E-state index is 12.2. The van der Waals surface area contributed by atoms with E-state index in [0.717, 1.165) is 12.8 Å². The number of sulfonamides is 1. The summed E-state index contributed by atoms with van der Waals surface area (Å²) in [5, 5.41) is 0. The number of piperidine rings is 1. The number of ether oxygens (including phenoxy) is 1. The van der Waals surface area contributed by atoms with Crippen LogP contribution in [0, 0.1) is 0 Å². The van der Waals surface area contributed by atoms with Gasteiger partial charge in [0.15, 0.2) is 5.75 Å². The van der Waals surface area contributed by atoms with Gasteiger partial charge in [-0.15, -0.1) is 0 Å². The van der Waals surface area contributed by atoms with Gasteiger partial charge in [-0.25, -0.2) is 8.42 Å². The van der Waals surface area contributed by atoms with Gasteiger partial charge in [-0.2, -0.15) is 4.31 Å². The summed E-state index contributed by atoms with van der Waals surface area (Å²) >= 11 is 0. The van der Waals surface area contributed by atoms with Crippen molar-refractivity contribution in [1.29, 1.82) is 0 Å². The molecule has 1 aliphatic rings. The van der Waals surface area contributed by atoms with Crippen LogP contribution in [0.5, 0.6) is 0 Å². The molecule has 7 heteroatoms. The highest BCUT2D eigenvalue weighted by atomic mass is 32.2. The van der Waals surface area contributed by atoms with Gasteiger partial charge >= 0.3 is 5.97 Å². The van der Waals surface area contributed by atoms with E-state index < -0.39 is 21.7 Å². The van der Waals surface area contributed by atoms with Crippen LogP contribution < -0.4 is 0 Å². The van der Waals surface area contributed by atoms with E-state index in [0.29, 0.717) is 13.0 Å². The predicted molar refractivity (Wildman–Crippen MR) is 70.1 cm³/mol. The molecule has 0 bridgehead atoms. The van der Waals surface area contributed by atoms with Crippen molar-refractivity contribution >= 4 is 21.8 Å². The zero-order chi connectivity index (χ0) is 14.5. The molecule has 0 aromatic heterocycles. The van der Waals surface area contributed by atoms with Crippen molar-refractivity contribution in [3.8, 4) is 0 Å². The van der Waals surface area contributed by atoms with Crippen molar-refractivity contribution < 1.29 is 22.7 Å². The molecule has 1 saturated heterocycles. The van der Waals surface area contributed by atoms with Crippen LogP contribution in [-0.4, -0.2) is 49.4 Å². The summed E-state index contributed by atoms with van der Waals surface area (Å²) in [4.78, 5) is 22.5. The second-order valence-electron chi connectivity index (χ2n) is 4.73. The van der Waals surface area contributed by atoms with Crippen molar-refractivity contribution in [2.75, 3.05) is 18.9 Å². The molecule has 6 nitrogen and oxygen atoms in total. The molecule has 1 unspecified atom stereocenters. The maximum atomic E-state index is 12.2. The maximum Gasteiger partial charge on any atom is 0.322 e. The molecule has 0 spiro atoms. The van der Waals surface area contributed by atoms with Gasteiger partial charge < -0.3 is 4.74 Å².